The molecule has 0 aliphatic heterocycles. The van der Waals surface area contributed by atoms with Gasteiger partial charge in [-0.05, 0) is 48.4 Å². The number of unbranched alkanes of at least 4 members (excludes halogenated alkanes) is 11. The van der Waals surface area contributed by atoms with Crippen molar-refractivity contribution in [3.63, 3.8) is 0 Å². The first-order chi connectivity index (χ1) is 15.1. The van der Waals surface area contributed by atoms with Gasteiger partial charge in [-0.2, -0.15) is 0 Å². The highest BCUT2D eigenvalue weighted by Crippen LogP contribution is 2.29. The molecule has 0 spiro atoms. The standard InChI is InChI=1S/C28H38Cl2O/c1-2-3-4-5-6-7-8-9-10-11-12-13-14-27(23-15-19-25(29)20-16-23)28(31)24-17-21-26(30)22-18-24/h15-22,27H,2-14H2,1H3. The van der Waals surface area contributed by atoms with Crippen molar-refractivity contribution in [2.75, 3.05) is 0 Å². The summed E-state index contributed by atoms with van der Waals surface area (Å²) in [6.07, 6.45) is 16.7. The van der Waals surface area contributed by atoms with E-state index in [1.54, 1.807) is 12.1 Å². The number of carbonyl (C=O) groups excluding carboxylic acids is 1. The molecular formula is C28H38Cl2O. The molecule has 0 amide bonds. The Morgan fingerprint density at radius 2 is 1.06 bits per heavy atom. The second-order valence-corrected chi connectivity index (χ2v) is 9.53. The fourth-order valence-corrected chi connectivity index (χ4v) is 4.40. The second-order valence-electron chi connectivity index (χ2n) is 8.65. The molecule has 0 aromatic heterocycles. The van der Waals surface area contributed by atoms with Crippen molar-refractivity contribution in [1.82, 2.24) is 0 Å². The van der Waals surface area contributed by atoms with Crippen LogP contribution in [0.4, 0.5) is 0 Å². The van der Waals surface area contributed by atoms with E-state index in [1.165, 1.54) is 70.6 Å². The third kappa shape index (κ3) is 10.2. The van der Waals surface area contributed by atoms with Crippen molar-refractivity contribution in [1.29, 1.82) is 0 Å². The highest BCUT2D eigenvalue weighted by Gasteiger charge is 2.21. The van der Waals surface area contributed by atoms with Gasteiger partial charge in [-0.3, -0.25) is 4.79 Å². The van der Waals surface area contributed by atoms with Gasteiger partial charge in [-0.1, -0.05) is 119 Å². The molecule has 1 nitrogen and oxygen atoms in total. The van der Waals surface area contributed by atoms with Gasteiger partial charge in [0.05, 0.1) is 0 Å². The SMILES string of the molecule is CCCCCCCCCCCCCCC(C(=O)c1ccc(Cl)cc1)c1ccc(Cl)cc1. The number of halogens is 2. The molecule has 1 atom stereocenters. The minimum Gasteiger partial charge on any atom is -0.293 e. The Kier molecular flexibility index (Phi) is 13.0. The number of benzene rings is 2. The first-order valence-electron chi connectivity index (χ1n) is 12.2. The number of ketones is 1. The molecule has 1 unspecified atom stereocenters. The third-order valence-corrected chi connectivity index (χ3v) is 6.57. The van der Waals surface area contributed by atoms with E-state index in [1.807, 2.05) is 36.4 Å². The van der Waals surface area contributed by atoms with E-state index in [0.29, 0.717) is 10.0 Å². The monoisotopic (exact) mass is 460 g/mol. The summed E-state index contributed by atoms with van der Waals surface area (Å²) >= 11 is 12.1. The fraction of sp³-hybridized carbons (Fsp3) is 0.536. The molecule has 0 fully saturated rings. The largest absolute Gasteiger partial charge is 0.293 e. The summed E-state index contributed by atoms with van der Waals surface area (Å²) in [6, 6.07) is 15.0. The topological polar surface area (TPSA) is 17.1 Å². The zero-order chi connectivity index (χ0) is 22.3. The van der Waals surface area contributed by atoms with E-state index in [2.05, 4.69) is 6.92 Å². The van der Waals surface area contributed by atoms with Crippen LogP contribution in [0.1, 0.15) is 112 Å². The molecule has 0 bridgehead atoms. The molecular weight excluding hydrogens is 423 g/mol. The second kappa shape index (κ2) is 15.5. The molecule has 31 heavy (non-hydrogen) atoms. The van der Waals surface area contributed by atoms with Crippen LogP contribution in [0.3, 0.4) is 0 Å². The van der Waals surface area contributed by atoms with Crippen LogP contribution in [0, 0.1) is 0 Å². The Morgan fingerprint density at radius 3 is 1.55 bits per heavy atom. The van der Waals surface area contributed by atoms with E-state index in [0.717, 1.165) is 24.0 Å². The molecule has 2 aromatic carbocycles. The lowest BCUT2D eigenvalue weighted by molar-refractivity contribution is 0.0953. The summed E-state index contributed by atoms with van der Waals surface area (Å²) in [7, 11) is 0. The van der Waals surface area contributed by atoms with Crippen LogP contribution in [0.25, 0.3) is 0 Å². The first-order valence-corrected chi connectivity index (χ1v) is 12.9. The predicted molar refractivity (Wildman–Crippen MR) is 136 cm³/mol. The molecule has 0 aliphatic rings. The van der Waals surface area contributed by atoms with E-state index in [-0.39, 0.29) is 11.7 Å². The van der Waals surface area contributed by atoms with Gasteiger partial charge in [0.2, 0.25) is 0 Å². The van der Waals surface area contributed by atoms with E-state index in [4.69, 9.17) is 23.2 Å². The lowest BCUT2D eigenvalue weighted by atomic mass is 9.86. The number of rotatable bonds is 16. The molecule has 2 aromatic rings. The van der Waals surface area contributed by atoms with Gasteiger partial charge < -0.3 is 0 Å². The zero-order valence-corrected chi connectivity index (χ0v) is 20.6. The van der Waals surface area contributed by atoms with Crippen LogP contribution in [0.2, 0.25) is 10.0 Å². The molecule has 0 saturated heterocycles. The van der Waals surface area contributed by atoms with E-state index in [9.17, 15) is 4.79 Å². The number of carbonyl (C=O) groups is 1. The minimum atomic E-state index is -0.124. The van der Waals surface area contributed by atoms with Crippen LogP contribution >= 0.6 is 23.2 Å². The highest BCUT2D eigenvalue weighted by atomic mass is 35.5. The maximum Gasteiger partial charge on any atom is 0.170 e. The van der Waals surface area contributed by atoms with Crippen LogP contribution in [-0.2, 0) is 0 Å². The van der Waals surface area contributed by atoms with E-state index >= 15 is 0 Å². The molecule has 2 rings (SSSR count). The van der Waals surface area contributed by atoms with Crippen molar-refractivity contribution in [3.05, 3.63) is 69.7 Å². The molecule has 0 N–H and O–H groups in total. The Balaban J connectivity index is 1.74. The fourth-order valence-electron chi connectivity index (χ4n) is 4.15. The molecule has 0 aliphatic carbocycles. The van der Waals surface area contributed by atoms with Crippen molar-refractivity contribution < 1.29 is 4.79 Å². The van der Waals surface area contributed by atoms with Crippen molar-refractivity contribution in [3.8, 4) is 0 Å². The number of hydrogen-bond acceptors (Lipinski definition) is 1. The van der Waals surface area contributed by atoms with E-state index < -0.39 is 0 Å². The summed E-state index contributed by atoms with van der Waals surface area (Å²) < 4.78 is 0. The van der Waals surface area contributed by atoms with Gasteiger partial charge in [0.15, 0.2) is 5.78 Å². The Morgan fingerprint density at radius 1 is 0.645 bits per heavy atom. The summed E-state index contributed by atoms with van der Waals surface area (Å²) in [6.45, 7) is 2.27. The quantitative estimate of drug-likeness (QED) is 0.179. The van der Waals surface area contributed by atoms with Crippen molar-refractivity contribution in [2.45, 2.75) is 96.3 Å². The predicted octanol–water partition coefficient (Wildman–Crippen LogP) is 10.1. The average Bonchev–Trinajstić information content (AvgIpc) is 2.78. The molecule has 0 radical (unpaired) electrons. The first kappa shape index (κ1) is 25.9. The Labute approximate surface area is 199 Å². The summed E-state index contributed by atoms with van der Waals surface area (Å²) in [5.41, 5.74) is 1.77. The third-order valence-electron chi connectivity index (χ3n) is 6.06. The van der Waals surface area contributed by atoms with Gasteiger partial charge >= 0.3 is 0 Å². The van der Waals surface area contributed by atoms with Crippen LogP contribution < -0.4 is 0 Å². The zero-order valence-electron chi connectivity index (χ0n) is 19.1. The van der Waals surface area contributed by atoms with Gasteiger partial charge in [0.1, 0.15) is 0 Å². The summed E-state index contributed by atoms with van der Waals surface area (Å²) in [5, 5.41) is 1.35. The van der Waals surface area contributed by atoms with Gasteiger partial charge in [-0.25, -0.2) is 0 Å². The van der Waals surface area contributed by atoms with Gasteiger partial charge in [0, 0.05) is 21.5 Å². The molecule has 170 valence electrons. The molecule has 0 heterocycles. The maximum atomic E-state index is 13.2. The number of Topliss-reactive ketones (excluding diaryl/α,β-unsaturated/α-hetero) is 1. The summed E-state index contributed by atoms with van der Waals surface area (Å²) in [4.78, 5) is 13.2. The van der Waals surface area contributed by atoms with Crippen molar-refractivity contribution >= 4 is 29.0 Å². The van der Waals surface area contributed by atoms with Crippen LogP contribution in [0.5, 0.6) is 0 Å². The lowest BCUT2D eigenvalue weighted by Crippen LogP contribution is -2.13. The van der Waals surface area contributed by atoms with Crippen molar-refractivity contribution in [2.24, 2.45) is 0 Å². The van der Waals surface area contributed by atoms with Gasteiger partial charge in [-0.15, -0.1) is 0 Å². The van der Waals surface area contributed by atoms with Crippen LogP contribution in [0.15, 0.2) is 48.5 Å². The van der Waals surface area contributed by atoms with Crippen LogP contribution in [-0.4, -0.2) is 5.78 Å². The minimum absolute atomic E-state index is 0.124. The van der Waals surface area contributed by atoms with Gasteiger partial charge in [0.25, 0.3) is 0 Å². The number of hydrogen-bond donors (Lipinski definition) is 0. The lowest BCUT2D eigenvalue weighted by Gasteiger charge is -2.17. The maximum absolute atomic E-state index is 13.2. The molecule has 3 heteroatoms. The average molecular weight is 462 g/mol. The Hall–Kier alpha value is -1.31. The molecule has 0 saturated carbocycles. The highest BCUT2D eigenvalue weighted by molar-refractivity contribution is 6.31. The smallest absolute Gasteiger partial charge is 0.170 e. The summed E-state index contributed by atoms with van der Waals surface area (Å²) in [5.74, 6) is 0.0450. The normalized spacial score (nSPS) is 12.1. The Bertz CT molecular complexity index is 737.